The fourth-order valence-electron chi connectivity index (χ4n) is 7.50. The average Bonchev–Trinajstić information content (AvgIpc) is 3.52. The fourth-order valence-corrected chi connectivity index (χ4v) is 7.50. The highest BCUT2D eigenvalue weighted by Crippen LogP contribution is 2.62. The molecule has 2 saturated carbocycles. The summed E-state index contributed by atoms with van der Waals surface area (Å²) in [5, 5.41) is 0. The molecule has 2 aliphatic carbocycles. The Labute approximate surface area is 198 Å². The van der Waals surface area contributed by atoms with Gasteiger partial charge in [-0.2, -0.15) is 0 Å². The van der Waals surface area contributed by atoms with Gasteiger partial charge in [0.2, 0.25) is 0 Å². The van der Waals surface area contributed by atoms with Crippen LogP contribution in [0.1, 0.15) is 44.6 Å². The molecular formula is C28H38N2O3. The number of carbonyl (C=O) groups is 1. The molecule has 0 unspecified atom stereocenters. The van der Waals surface area contributed by atoms with Crippen LogP contribution in [-0.2, 0) is 14.3 Å². The molecule has 6 rings (SSSR count). The van der Waals surface area contributed by atoms with Crippen LogP contribution >= 0.6 is 0 Å². The number of esters is 1. The molecule has 0 N–H and O–H groups in total. The van der Waals surface area contributed by atoms with Crippen LogP contribution in [0, 0.1) is 23.2 Å². The van der Waals surface area contributed by atoms with Gasteiger partial charge in [0.15, 0.2) is 0 Å². The highest BCUT2D eigenvalue weighted by molar-refractivity contribution is 5.75. The zero-order chi connectivity index (χ0) is 22.5. The number of benzene rings is 1. The third-order valence-corrected chi connectivity index (χ3v) is 9.47. The van der Waals surface area contributed by atoms with E-state index < -0.39 is 0 Å². The summed E-state index contributed by atoms with van der Waals surface area (Å²) in [4.78, 5) is 18.0. The number of carbonyl (C=O) groups excluding carboxylic acids is 1. The molecule has 5 fully saturated rings. The van der Waals surface area contributed by atoms with E-state index in [0.29, 0.717) is 11.8 Å². The summed E-state index contributed by atoms with van der Waals surface area (Å²) in [6, 6.07) is 10.5. The maximum atomic E-state index is 12.9. The maximum Gasteiger partial charge on any atom is 0.310 e. The van der Waals surface area contributed by atoms with Crippen molar-refractivity contribution < 1.29 is 14.3 Å². The summed E-state index contributed by atoms with van der Waals surface area (Å²) in [5.41, 5.74) is 1.67. The van der Waals surface area contributed by atoms with Crippen molar-refractivity contribution in [3.63, 3.8) is 0 Å². The van der Waals surface area contributed by atoms with Gasteiger partial charge in [0.25, 0.3) is 0 Å². The second kappa shape index (κ2) is 8.51. The van der Waals surface area contributed by atoms with E-state index in [0.717, 1.165) is 58.7 Å². The Balaban J connectivity index is 1.04. The summed E-state index contributed by atoms with van der Waals surface area (Å²) < 4.78 is 12.1. The third-order valence-electron chi connectivity index (χ3n) is 9.47. The lowest BCUT2D eigenvalue weighted by Gasteiger charge is -2.51. The monoisotopic (exact) mass is 450 g/mol. The standard InChI is InChI=1S/C28H38N2O3/c1-27-10-6-11-28(20-32-28)25(27)17-22-23(26(31)33-24(22)18-27)19-30-15-13-29(14-16-30)12-5-9-21-7-3-2-4-8-21/h2-5,7-9,22-25H,6,10-20H2,1H3/b9-5+/t22-,23+,24-,25-,27-,28+/m1/s1. The quantitative estimate of drug-likeness (QED) is 0.504. The van der Waals surface area contributed by atoms with Crippen molar-refractivity contribution in [2.24, 2.45) is 23.2 Å². The first-order valence-corrected chi connectivity index (χ1v) is 13.1. The predicted octanol–water partition coefficient (Wildman–Crippen LogP) is 3.84. The molecule has 0 radical (unpaired) electrons. The van der Waals surface area contributed by atoms with Crippen LogP contribution in [0.4, 0.5) is 0 Å². The van der Waals surface area contributed by atoms with Crippen LogP contribution in [0.25, 0.3) is 6.08 Å². The highest BCUT2D eigenvalue weighted by atomic mass is 16.6. The zero-order valence-electron chi connectivity index (χ0n) is 20.0. The molecule has 5 aliphatic rings. The van der Waals surface area contributed by atoms with Gasteiger partial charge in [-0.3, -0.25) is 14.6 Å². The lowest BCUT2D eigenvalue weighted by molar-refractivity contribution is -0.147. The van der Waals surface area contributed by atoms with Crippen molar-refractivity contribution in [1.82, 2.24) is 9.80 Å². The molecule has 1 aromatic carbocycles. The normalized spacial score (nSPS) is 41.2. The van der Waals surface area contributed by atoms with E-state index in [1.807, 2.05) is 0 Å². The van der Waals surface area contributed by atoms with E-state index in [4.69, 9.17) is 9.47 Å². The first-order valence-electron chi connectivity index (χ1n) is 13.1. The minimum Gasteiger partial charge on any atom is -0.462 e. The summed E-state index contributed by atoms with van der Waals surface area (Å²) in [7, 11) is 0. The van der Waals surface area contributed by atoms with Gasteiger partial charge >= 0.3 is 5.97 Å². The Morgan fingerprint density at radius 2 is 1.85 bits per heavy atom. The molecule has 3 heterocycles. The number of hydrogen-bond acceptors (Lipinski definition) is 5. The Morgan fingerprint density at radius 1 is 1.09 bits per heavy atom. The highest BCUT2D eigenvalue weighted by Gasteiger charge is 2.65. The van der Waals surface area contributed by atoms with Crippen LogP contribution in [0.2, 0.25) is 0 Å². The van der Waals surface area contributed by atoms with Crippen LogP contribution in [0.5, 0.6) is 0 Å². The average molecular weight is 451 g/mol. The minimum absolute atomic E-state index is 0.0433. The lowest BCUT2D eigenvalue weighted by atomic mass is 9.53. The topological polar surface area (TPSA) is 45.3 Å². The third kappa shape index (κ3) is 4.17. The Bertz CT molecular complexity index is 890. The Morgan fingerprint density at radius 3 is 2.61 bits per heavy atom. The van der Waals surface area contributed by atoms with Crippen molar-refractivity contribution in [3.8, 4) is 0 Å². The lowest BCUT2D eigenvalue weighted by Crippen LogP contribution is -2.52. The van der Waals surface area contributed by atoms with Crippen LogP contribution in [-0.4, -0.2) is 73.3 Å². The SMILES string of the molecule is C[C@]12CCC[C@]3(CO3)[C@@H]1C[C@@H]1[C@H](CN3CCN(C/C=C/c4ccccc4)CC3)C(=O)O[C@@H]1C2. The van der Waals surface area contributed by atoms with Crippen molar-refractivity contribution in [2.75, 3.05) is 45.9 Å². The Hall–Kier alpha value is -1.69. The number of fused-ring (bicyclic) bond motifs is 3. The molecule has 0 aromatic heterocycles. The maximum absolute atomic E-state index is 12.9. The van der Waals surface area contributed by atoms with Gasteiger partial charge in [-0.1, -0.05) is 49.4 Å². The van der Waals surface area contributed by atoms with E-state index >= 15 is 0 Å². The smallest absolute Gasteiger partial charge is 0.310 e. The molecule has 5 nitrogen and oxygen atoms in total. The van der Waals surface area contributed by atoms with E-state index in [1.165, 1.54) is 24.8 Å². The minimum atomic E-state index is 0.0433. The van der Waals surface area contributed by atoms with Gasteiger partial charge in [-0.05, 0) is 49.0 Å². The molecule has 1 spiro atoms. The summed E-state index contributed by atoms with van der Waals surface area (Å²) >= 11 is 0. The zero-order valence-corrected chi connectivity index (χ0v) is 20.0. The summed E-state index contributed by atoms with van der Waals surface area (Å²) in [6.07, 6.45) is 10.5. The van der Waals surface area contributed by atoms with E-state index in [1.54, 1.807) is 0 Å². The molecule has 33 heavy (non-hydrogen) atoms. The van der Waals surface area contributed by atoms with Crippen LogP contribution in [0.3, 0.4) is 0 Å². The Kier molecular flexibility index (Phi) is 5.63. The second-order valence-corrected chi connectivity index (χ2v) is 11.5. The van der Waals surface area contributed by atoms with Crippen LogP contribution in [0.15, 0.2) is 36.4 Å². The molecular weight excluding hydrogens is 412 g/mol. The van der Waals surface area contributed by atoms with Gasteiger partial charge in [0.1, 0.15) is 6.10 Å². The first kappa shape index (κ1) is 21.8. The van der Waals surface area contributed by atoms with Gasteiger partial charge < -0.3 is 9.47 Å². The number of nitrogens with zero attached hydrogens (tertiary/aromatic N) is 2. The molecule has 3 aliphatic heterocycles. The molecule has 3 saturated heterocycles. The van der Waals surface area contributed by atoms with Crippen molar-refractivity contribution in [2.45, 2.75) is 50.7 Å². The van der Waals surface area contributed by atoms with E-state index in [2.05, 4.69) is 59.2 Å². The van der Waals surface area contributed by atoms with Crippen LogP contribution < -0.4 is 0 Å². The largest absolute Gasteiger partial charge is 0.462 e. The van der Waals surface area contributed by atoms with Gasteiger partial charge in [-0.15, -0.1) is 0 Å². The van der Waals surface area contributed by atoms with Gasteiger partial charge in [0, 0.05) is 45.2 Å². The number of ether oxygens (including phenoxy) is 2. The summed E-state index contributed by atoms with van der Waals surface area (Å²) in [5.74, 6) is 1.08. The molecule has 5 heteroatoms. The van der Waals surface area contributed by atoms with Gasteiger partial charge in [0.05, 0.1) is 18.1 Å². The number of piperazine rings is 1. The number of rotatable bonds is 5. The molecule has 1 aromatic rings. The van der Waals surface area contributed by atoms with Gasteiger partial charge in [-0.25, -0.2) is 0 Å². The first-order chi connectivity index (χ1) is 16.0. The summed E-state index contributed by atoms with van der Waals surface area (Å²) in [6.45, 7) is 9.42. The van der Waals surface area contributed by atoms with Crippen molar-refractivity contribution >= 4 is 12.0 Å². The predicted molar refractivity (Wildman–Crippen MR) is 129 cm³/mol. The fraction of sp³-hybridized carbons (Fsp3) is 0.679. The second-order valence-electron chi connectivity index (χ2n) is 11.5. The molecule has 6 atom stereocenters. The molecule has 0 bridgehead atoms. The van der Waals surface area contributed by atoms with E-state index in [-0.39, 0.29) is 29.0 Å². The van der Waals surface area contributed by atoms with Crippen molar-refractivity contribution in [1.29, 1.82) is 0 Å². The molecule has 0 amide bonds. The number of epoxide rings is 1. The van der Waals surface area contributed by atoms with E-state index in [9.17, 15) is 4.79 Å². The number of hydrogen-bond donors (Lipinski definition) is 0. The van der Waals surface area contributed by atoms with Crippen molar-refractivity contribution in [3.05, 3.63) is 42.0 Å². The molecule has 178 valence electrons.